The molecule has 0 radical (unpaired) electrons. The summed E-state index contributed by atoms with van der Waals surface area (Å²) in [5.74, 6) is 0.264. The minimum Gasteiger partial charge on any atom is -0.377 e. The Bertz CT molecular complexity index is 641. The molecular formula is C22H38N4O2. The number of nitrogens with zero attached hydrogens (tertiary/aromatic N) is 2. The zero-order valence-corrected chi connectivity index (χ0v) is 18.6. The van der Waals surface area contributed by atoms with E-state index in [1.807, 2.05) is 49.0 Å². The minimum atomic E-state index is -0.224. The van der Waals surface area contributed by atoms with Crippen molar-refractivity contribution in [1.29, 1.82) is 0 Å². The number of rotatable bonds is 10. The number of carbonyl (C=O) groups excluding carboxylic acids is 2. The van der Waals surface area contributed by atoms with Crippen LogP contribution in [0.25, 0.3) is 0 Å². The first-order chi connectivity index (χ1) is 13.3. The van der Waals surface area contributed by atoms with E-state index in [4.69, 9.17) is 0 Å². The molecule has 0 aromatic heterocycles. The van der Waals surface area contributed by atoms with Crippen LogP contribution in [-0.4, -0.2) is 43.5 Å². The molecule has 28 heavy (non-hydrogen) atoms. The number of nitrogens with one attached hydrogen (secondary N) is 2. The van der Waals surface area contributed by atoms with Crippen molar-refractivity contribution in [3.8, 4) is 0 Å². The molecule has 3 amide bonds. The number of urea groups is 1. The van der Waals surface area contributed by atoms with Crippen LogP contribution < -0.4 is 15.5 Å². The van der Waals surface area contributed by atoms with Crippen LogP contribution in [0.2, 0.25) is 0 Å². The van der Waals surface area contributed by atoms with Gasteiger partial charge in [0.2, 0.25) is 5.91 Å². The first kappa shape index (κ1) is 23.8. The molecule has 0 bridgehead atoms. The van der Waals surface area contributed by atoms with E-state index in [0.29, 0.717) is 13.1 Å². The zero-order chi connectivity index (χ0) is 21.3. The predicted molar refractivity (Wildman–Crippen MR) is 118 cm³/mol. The first-order valence-electron chi connectivity index (χ1n) is 10.4. The molecule has 1 aromatic carbocycles. The van der Waals surface area contributed by atoms with Gasteiger partial charge in [-0.3, -0.25) is 4.79 Å². The van der Waals surface area contributed by atoms with Gasteiger partial charge in [0.05, 0.1) is 0 Å². The van der Waals surface area contributed by atoms with E-state index in [0.717, 1.165) is 36.2 Å². The summed E-state index contributed by atoms with van der Waals surface area (Å²) in [6.07, 6.45) is 2.60. The Morgan fingerprint density at radius 2 is 1.68 bits per heavy atom. The van der Waals surface area contributed by atoms with E-state index in [-0.39, 0.29) is 23.9 Å². The maximum atomic E-state index is 13.2. The van der Waals surface area contributed by atoms with E-state index in [2.05, 4.69) is 38.3 Å². The predicted octanol–water partition coefficient (Wildman–Crippen LogP) is 4.46. The Balaban J connectivity index is 3.23. The van der Waals surface area contributed by atoms with Crippen LogP contribution in [0.3, 0.4) is 0 Å². The number of carbonyl (C=O) groups is 2. The van der Waals surface area contributed by atoms with Crippen molar-refractivity contribution in [2.45, 2.75) is 66.5 Å². The van der Waals surface area contributed by atoms with Crippen molar-refractivity contribution in [2.75, 3.05) is 30.9 Å². The van der Waals surface area contributed by atoms with Crippen molar-refractivity contribution < 1.29 is 9.59 Å². The summed E-state index contributed by atoms with van der Waals surface area (Å²) in [6.45, 7) is 11.3. The van der Waals surface area contributed by atoms with Crippen molar-refractivity contribution >= 4 is 23.3 Å². The van der Waals surface area contributed by atoms with Gasteiger partial charge in [0.1, 0.15) is 0 Å². The number of hydrogen-bond donors (Lipinski definition) is 2. The summed E-state index contributed by atoms with van der Waals surface area (Å²) in [7, 11) is 3.98. The van der Waals surface area contributed by atoms with Crippen LogP contribution in [-0.2, 0) is 11.3 Å². The van der Waals surface area contributed by atoms with E-state index < -0.39 is 0 Å². The van der Waals surface area contributed by atoms with Gasteiger partial charge in [-0.05, 0) is 56.9 Å². The molecule has 158 valence electrons. The quantitative estimate of drug-likeness (QED) is 0.620. The van der Waals surface area contributed by atoms with Crippen molar-refractivity contribution in [3.05, 3.63) is 23.8 Å². The van der Waals surface area contributed by atoms with Gasteiger partial charge in [-0.15, -0.1) is 0 Å². The van der Waals surface area contributed by atoms with Crippen LogP contribution in [0.5, 0.6) is 0 Å². The highest BCUT2D eigenvalue weighted by Gasteiger charge is 2.26. The second-order valence-electron chi connectivity index (χ2n) is 7.46. The fourth-order valence-electron chi connectivity index (χ4n) is 3.29. The van der Waals surface area contributed by atoms with Crippen LogP contribution in [0, 0.1) is 5.92 Å². The number of hydrogen-bond acceptors (Lipinski definition) is 3. The maximum absolute atomic E-state index is 13.2. The minimum absolute atomic E-state index is 0.0495. The van der Waals surface area contributed by atoms with Crippen LogP contribution >= 0.6 is 0 Å². The molecule has 0 saturated heterocycles. The Labute approximate surface area is 170 Å². The molecule has 6 nitrogen and oxygen atoms in total. The van der Waals surface area contributed by atoms with Crippen LogP contribution in [0.1, 0.15) is 59.4 Å². The second kappa shape index (κ2) is 11.6. The molecule has 0 aliphatic rings. The fourth-order valence-corrected chi connectivity index (χ4v) is 3.29. The van der Waals surface area contributed by atoms with Crippen molar-refractivity contribution in [1.82, 2.24) is 10.2 Å². The van der Waals surface area contributed by atoms with Gasteiger partial charge in [0, 0.05) is 50.5 Å². The van der Waals surface area contributed by atoms with Gasteiger partial charge in [-0.25, -0.2) is 4.79 Å². The maximum Gasteiger partial charge on any atom is 0.319 e. The second-order valence-corrected chi connectivity index (χ2v) is 7.46. The van der Waals surface area contributed by atoms with E-state index in [1.165, 1.54) is 0 Å². The Morgan fingerprint density at radius 3 is 2.18 bits per heavy atom. The van der Waals surface area contributed by atoms with Crippen molar-refractivity contribution in [3.63, 3.8) is 0 Å². The monoisotopic (exact) mass is 390 g/mol. The van der Waals surface area contributed by atoms with Gasteiger partial charge < -0.3 is 20.4 Å². The number of amides is 3. The third kappa shape index (κ3) is 6.43. The standard InChI is InChI=1S/C22H38N4O2/c1-8-16(5)26(21(27)17(9-2)10-3)15-18-14-19(24-22(28)23-11-4)12-13-20(18)25(6)7/h12-14,16-17H,8-11,15H2,1-7H3,(H2,23,24,28)/t16-/m1/s1. The Morgan fingerprint density at radius 1 is 1.04 bits per heavy atom. The smallest absolute Gasteiger partial charge is 0.319 e. The average Bonchev–Trinajstić information content (AvgIpc) is 2.66. The van der Waals surface area contributed by atoms with Gasteiger partial charge in [0.15, 0.2) is 0 Å². The first-order valence-corrected chi connectivity index (χ1v) is 10.4. The fraction of sp³-hybridized carbons (Fsp3) is 0.636. The molecule has 0 unspecified atom stereocenters. The number of anilines is 2. The summed E-state index contributed by atoms with van der Waals surface area (Å²) in [6, 6.07) is 5.79. The summed E-state index contributed by atoms with van der Waals surface area (Å²) < 4.78 is 0. The molecule has 0 heterocycles. The van der Waals surface area contributed by atoms with Gasteiger partial charge in [-0.1, -0.05) is 20.8 Å². The Hall–Kier alpha value is -2.24. The zero-order valence-electron chi connectivity index (χ0n) is 18.6. The van der Waals surface area contributed by atoms with Gasteiger partial charge >= 0.3 is 6.03 Å². The average molecular weight is 391 g/mol. The number of benzene rings is 1. The topological polar surface area (TPSA) is 64.7 Å². The molecule has 0 spiro atoms. The van der Waals surface area contributed by atoms with Gasteiger partial charge in [0.25, 0.3) is 0 Å². The molecule has 6 heteroatoms. The van der Waals surface area contributed by atoms with E-state index >= 15 is 0 Å². The molecule has 2 N–H and O–H groups in total. The molecule has 1 rings (SSSR count). The highest BCUT2D eigenvalue weighted by molar-refractivity contribution is 5.89. The third-order valence-corrected chi connectivity index (χ3v) is 5.24. The lowest BCUT2D eigenvalue weighted by atomic mass is 9.99. The summed E-state index contributed by atoms with van der Waals surface area (Å²) >= 11 is 0. The normalized spacial score (nSPS) is 11.9. The summed E-state index contributed by atoms with van der Waals surface area (Å²) in [5.41, 5.74) is 2.80. The SMILES string of the molecule is CCNC(=O)Nc1ccc(N(C)C)c(CN(C(=O)C(CC)CC)[C@H](C)CC)c1. The summed E-state index contributed by atoms with van der Waals surface area (Å²) in [5, 5.41) is 5.61. The lowest BCUT2D eigenvalue weighted by Gasteiger charge is -2.33. The Kier molecular flexibility index (Phi) is 9.83. The van der Waals surface area contributed by atoms with Crippen LogP contribution in [0.4, 0.5) is 16.2 Å². The lowest BCUT2D eigenvalue weighted by Crippen LogP contribution is -2.41. The molecule has 0 aliphatic carbocycles. The van der Waals surface area contributed by atoms with Gasteiger partial charge in [-0.2, -0.15) is 0 Å². The highest BCUT2D eigenvalue weighted by atomic mass is 16.2. The molecule has 1 atom stereocenters. The molecule has 0 fully saturated rings. The largest absolute Gasteiger partial charge is 0.377 e. The van der Waals surface area contributed by atoms with Crippen LogP contribution in [0.15, 0.2) is 18.2 Å². The molecule has 0 aliphatic heterocycles. The molecule has 0 saturated carbocycles. The van der Waals surface area contributed by atoms with E-state index in [1.54, 1.807) is 0 Å². The van der Waals surface area contributed by atoms with E-state index in [9.17, 15) is 9.59 Å². The van der Waals surface area contributed by atoms with Crippen molar-refractivity contribution in [2.24, 2.45) is 5.92 Å². The lowest BCUT2D eigenvalue weighted by molar-refractivity contribution is -0.138. The third-order valence-electron chi connectivity index (χ3n) is 5.24. The summed E-state index contributed by atoms with van der Waals surface area (Å²) in [4.78, 5) is 29.1. The highest BCUT2D eigenvalue weighted by Crippen LogP contribution is 2.27. The molecular weight excluding hydrogens is 352 g/mol. The molecule has 1 aromatic rings.